The van der Waals surface area contributed by atoms with Crippen molar-refractivity contribution in [2.75, 3.05) is 13.7 Å². The second-order valence-corrected chi connectivity index (χ2v) is 6.27. The van der Waals surface area contributed by atoms with E-state index in [1.54, 1.807) is 7.11 Å². The van der Waals surface area contributed by atoms with Gasteiger partial charge in [0.05, 0.1) is 7.11 Å². The molecule has 1 aromatic carbocycles. The van der Waals surface area contributed by atoms with Crippen LogP contribution in [0.1, 0.15) is 49.8 Å². The first-order valence-corrected chi connectivity index (χ1v) is 7.68. The summed E-state index contributed by atoms with van der Waals surface area (Å²) in [6.07, 6.45) is 6.67. The van der Waals surface area contributed by atoms with Gasteiger partial charge in [0.2, 0.25) is 0 Å². The first-order chi connectivity index (χ1) is 9.28. The standard InChI is InChI=1S/C17H25NO/c1-12-3-5-14(6-4-12)17-16-11-15(19-2)8-7-13(16)9-10-18-17/h7-8,11-12,14,17-18H,3-6,9-10H2,1-2H3. The molecule has 0 aromatic heterocycles. The maximum Gasteiger partial charge on any atom is 0.119 e. The van der Waals surface area contributed by atoms with Gasteiger partial charge in [-0.2, -0.15) is 0 Å². The van der Waals surface area contributed by atoms with Crippen molar-refractivity contribution in [2.45, 2.75) is 45.1 Å². The second-order valence-electron chi connectivity index (χ2n) is 6.27. The van der Waals surface area contributed by atoms with Crippen LogP contribution >= 0.6 is 0 Å². The Bertz CT molecular complexity index is 435. The van der Waals surface area contributed by atoms with E-state index in [0.29, 0.717) is 6.04 Å². The molecule has 1 atom stereocenters. The van der Waals surface area contributed by atoms with Crippen LogP contribution in [0.5, 0.6) is 5.75 Å². The van der Waals surface area contributed by atoms with Crippen molar-refractivity contribution in [1.29, 1.82) is 0 Å². The van der Waals surface area contributed by atoms with Crippen LogP contribution < -0.4 is 10.1 Å². The van der Waals surface area contributed by atoms with Crippen LogP contribution in [0.15, 0.2) is 18.2 Å². The van der Waals surface area contributed by atoms with Gasteiger partial charge in [0.15, 0.2) is 0 Å². The van der Waals surface area contributed by atoms with Crippen LogP contribution in [0.25, 0.3) is 0 Å². The zero-order valence-corrected chi connectivity index (χ0v) is 12.1. The number of hydrogen-bond acceptors (Lipinski definition) is 2. The summed E-state index contributed by atoms with van der Waals surface area (Å²) in [6.45, 7) is 3.51. The monoisotopic (exact) mass is 259 g/mol. The normalized spacial score (nSPS) is 30.7. The molecule has 0 bridgehead atoms. The zero-order chi connectivity index (χ0) is 13.2. The highest BCUT2D eigenvalue weighted by atomic mass is 16.5. The molecule has 1 fully saturated rings. The highest BCUT2D eigenvalue weighted by molar-refractivity contribution is 5.39. The van der Waals surface area contributed by atoms with Crippen molar-refractivity contribution in [2.24, 2.45) is 11.8 Å². The Morgan fingerprint density at radius 2 is 1.95 bits per heavy atom. The third-order valence-electron chi connectivity index (χ3n) is 4.98. The molecule has 1 aliphatic carbocycles. The summed E-state index contributed by atoms with van der Waals surface area (Å²) < 4.78 is 5.41. The average Bonchev–Trinajstić information content (AvgIpc) is 2.47. The Labute approximate surface area is 116 Å². The summed E-state index contributed by atoms with van der Waals surface area (Å²) in [4.78, 5) is 0. The second kappa shape index (κ2) is 5.54. The molecule has 0 radical (unpaired) electrons. The first kappa shape index (κ1) is 13.0. The Morgan fingerprint density at radius 1 is 1.16 bits per heavy atom. The highest BCUT2D eigenvalue weighted by Gasteiger charge is 2.30. The van der Waals surface area contributed by atoms with Gasteiger partial charge in [-0.3, -0.25) is 0 Å². The predicted octanol–water partition coefficient (Wildman–Crippen LogP) is 3.71. The topological polar surface area (TPSA) is 21.3 Å². The molecule has 1 unspecified atom stereocenters. The quantitative estimate of drug-likeness (QED) is 0.874. The molecular formula is C17H25NO. The molecule has 1 N–H and O–H groups in total. The van der Waals surface area contributed by atoms with Crippen molar-refractivity contribution < 1.29 is 4.74 Å². The Balaban J connectivity index is 1.84. The molecule has 2 aliphatic rings. The first-order valence-electron chi connectivity index (χ1n) is 7.68. The fraction of sp³-hybridized carbons (Fsp3) is 0.647. The Hall–Kier alpha value is -1.02. The summed E-state index contributed by atoms with van der Waals surface area (Å²) in [7, 11) is 1.76. The molecule has 3 rings (SSSR count). The minimum absolute atomic E-state index is 0.548. The summed E-state index contributed by atoms with van der Waals surface area (Å²) in [5.74, 6) is 2.73. The molecule has 2 nitrogen and oxygen atoms in total. The molecule has 1 saturated carbocycles. The van der Waals surface area contributed by atoms with Gasteiger partial charge in [0.1, 0.15) is 5.75 Å². The van der Waals surface area contributed by atoms with Crippen LogP contribution in [0.4, 0.5) is 0 Å². The Morgan fingerprint density at radius 3 is 2.68 bits per heavy atom. The van der Waals surface area contributed by atoms with E-state index < -0.39 is 0 Å². The molecule has 19 heavy (non-hydrogen) atoms. The maximum absolute atomic E-state index is 5.41. The number of benzene rings is 1. The molecular weight excluding hydrogens is 234 g/mol. The van der Waals surface area contributed by atoms with Gasteiger partial charge in [-0.1, -0.05) is 25.8 Å². The van der Waals surface area contributed by atoms with E-state index in [0.717, 1.165) is 30.6 Å². The lowest BCUT2D eigenvalue weighted by Gasteiger charge is -2.37. The number of hydrogen-bond donors (Lipinski definition) is 1. The summed E-state index contributed by atoms with van der Waals surface area (Å²) in [5, 5.41) is 3.76. The average molecular weight is 259 g/mol. The number of rotatable bonds is 2. The summed E-state index contributed by atoms with van der Waals surface area (Å²) in [6, 6.07) is 7.16. The van der Waals surface area contributed by atoms with Gasteiger partial charge in [-0.25, -0.2) is 0 Å². The zero-order valence-electron chi connectivity index (χ0n) is 12.1. The third kappa shape index (κ3) is 2.64. The van der Waals surface area contributed by atoms with E-state index in [2.05, 4.69) is 30.4 Å². The van der Waals surface area contributed by atoms with Crippen molar-refractivity contribution in [1.82, 2.24) is 5.32 Å². The molecule has 1 aromatic rings. The lowest BCUT2D eigenvalue weighted by atomic mass is 9.75. The van der Waals surface area contributed by atoms with Gasteiger partial charge in [-0.15, -0.1) is 0 Å². The van der Waals surface area contributed by atoms with Crippen LogP contribution in [0.3, 0.4) is 0 Å². The van der Waals surface area contributed by atoms with E-state index in [9.17, 15) is 0 Å². The SMILES string of the molecule is COc1ccc2c(c1)C(C1CCC(C)CC1)NCC2. The molecule has 2 heteroatoms. The van der Waals surface area contributed by atoms with Crippen molar-refractivity contribution in [3.63, 3.8) is 0 Å². The van der Waals surface area contributed by atoms with Gasteiger partial charge in [0, 0.05) is 6.04 Å². The van der Waals surface area contributed by atoms with E-state index in [4.69, 9.17) is 4.74 Å². The molecule has 0 spiro atoms. The number of fused-ring (bicyclic) bond motifs is 1. The number of ether oxygens (including phenoxy) is 1. The van der Waals surface area contributed by atoms with E-state index in [1.165, 1.54) is 36.8 Å². The fourth-order valence-electron chi connectivity index (χ4n) is 3.73. The van der Waals surface area contributed by atoms with Crippen molar-refractivity contribution in [3.05, 3.63) is 29.3 Å². The smallest absolute Gasteiger partial charge is 0.119 e. The van der Waals surface area contributed by atoms with Gasteiger partial charge < -0.3 is 10.1 Å². The predicted molar refractivity (Wildman–Crippen MR) is 78.6 cm³/mol. The minimum Gasteiger partial charge on any atom is -0.497 e. The molecule has 1 heterocycles. The van der Waals surface area contributed by atoms with Crippen LogP contribution in [-0.4, -0.2) is 13.7 Å². The van der Waals surface area contributed by atoms with Crippen LogP contribution in [0, 0.1) is 11.8 Å². The van der Waals surface area contributed by atoms with Crippen molar-refractivity contribution >= 4 is 0 Å². The maximum atomic E-state index is 5.41. The van der Waals surface area contributed by atoms with Gasteiger partial charge in [0.25, 0.3) is 0 Å². The lowest BCUT2D eigenvalue weighted by Crippen LogP contribution is -2.36. The number of methoxy groups -OCH3 is 1. The Kier molecular flexibility index (Phi) is 3.79. The van der Waals surface area contributed by atoms with E-state index in [-0.39, 0.29) is 0 Å². The van der Waals surface area contributed by atoms with E-state index in [1.807, 2.05) is 0 Å². The molecule has 1 aliphatic heterocycles. The minimum atomic E-state index is 0.548. The lowest BCUT2D eigenvalue weighted by molar-refractivity contribution is 0.226. The van der Waals surface area contributed by atoms with Crippen LogP contribution in [0.2, 0.25) is 0 Å². The van der Waals surface area contributed by atoms with Gasteiger partial charge in [-0.05, 0) is 60.9 Å². The molecule has 0 amide bonds. The largest absolute Gasteiger partial charge is 0.497 e. The fourth-order valence-corrected chi connectivity index (χ4v) is 3.73. The number of nitrogens with one attached hydrogen (secondary N) is 1. The summed E-state index contributed by atoms with van der Waals surface area (Å²) in [5.41, 5.74) is 3.01. The molecule has 0 saturated heterocycles. The molecule has 104 valence electrons. The van der Waals surface area contributed by atoms with Crippen LogP contribution in [-0.2, 0) is 6.42 Å². The van der Waals surface area contributed by atoms with E-state index >= 15 is 0 Å². The van der Waals surface area contributed by atoms with Crippen molar-refractivity contribution in [3.8, 4) is 5.75 Å². The summed E-state index contributed by atoms with van der Waals surface area (Å²) >= 11 is 0. The van der Waals surface area contributed by atoms with Gasteiger partial charge >= 0.3 is 0 Å². The highest BCUT2D eigenvalue weighted by Crippen LogP contribution is 2.40. The third-order valence-corrected chi connectivity index (χ3v) is 4.98.